The first-order chi connectivity index (χ1) is 12.3. The predicted molar refractivity (Wildman–Crippen MR) is 106 cm³/mol. The first kappa shape index (κ1) is 20.4. The molecular weight excluding hydrogens is 348 g/mol. The number of likely N-dealkylation sites (N-methyl/N-ethyl adjacent to an activating group) is 1. The molecule has 0 radical (unpaired) electrons. The van der Waals surface area contributed by atoms with Crippen molar-refractivity contribution in [2.45, 2.75) is 19.5 Å². The predicted octanol–water partition coefficient (Wildman–Crippen LogP) is 2.50. The number of nitrogens with one attached hydrogen (secondary N) is 1. The van der Waals surface area contributed by atoms with Crippen molar-refractivity contribution in [2.24, 2.45) is 0 Å². The topological polar surface area (TPSA) is 48.5 Å². The third kappa shape index (κ3) is 5.27. The van der Waals surface area contributed by atoms with Gasteiger partial charge in [-0.3, -0.25) is 14.7 Å². The second-order valence-corrected chi connectivity index (χ2v) is 6.37. The molecule has 2 aromatic rings. The molecule has 2 heterocycles. The van der Waals surface area contributed by atoms with Gasteiger partial charge >= 0.3 is 0 Å². The van der Waals surface area contributed by atoms with Crippen molar-refractivity contribution in [3.05, 3.63) is 66.0 Å². The molecule has 1 atom stereocenters. The molecule has 0 saturated carbocycles. The fourth-order valence-electron chi connectivity index (χ4n) is 3.29. The van der Waals surface area contributed by atoms with E-state index in [0.29, 0.717) is 13.1 Å². The monoisotopic (exact) mass is 374 g/mol. The number of aromatic nitrogens is 1. The second-order valence-electron chi connectivity index (χ2n) is 6.37. The van der Waals surface area contributed by atoms with Crippen LogP contribution in [0.2, 0.25) is 0 Å². The van der Waals surface area contributed by atoms with Gasteiger partial charge in [0.25, 0.3) is 0 Å². The van der Waals surface area contributed by atoms with Crippen molar-refractivity contribution >= 4 is 18.3 Å². The molecule has 1 N–H and O–H groups in total. The molecule has 140 valence electrons. The number of piperazine rings is 1. The number of hydrogen-bond acceptors (Lipinski definition) is 4. The lowest BCUT2D eigenvalue weighted by molar-refractivity contribution is -0.133. The minimum Gasteiger partial charge on any atom is -0.338 e. The Morgan fingerprint density at radius 3 is 2.77 bits per heavy atom. The quantitative estimate of drug-likeness (QED) is 0.844. The third-order valence-corrected chi connectivity index (χ3v) is 4.71. The molecule has 1 aromatic heterocycles. The summed E-state index contributed by atoms with van der Waals surface area (Å²) in [6.45, 7) is 6.50. The molecule has 1 aromatic carbocycles. The molecule has 0 spiro atoms. The molecule has 26 heavy (non-hydrogen) atoms. The van der Waals surface area contributed by atoms with Crippen LogP contribution in [0.15, 0.2) is 54.9 Å². The van der Waals surface area contributed by atoms with Crippen molar-refractivity contribution in [1.29, 1.82) is 0 Å². The van der Waals surface area contributed by atoms with Crippen LogP contribution in [0.5, 0.6) is 0 Å². The van der Waals surface area contributed by atoms with Crippen molar-refractivity contribution in [2.75, 3.05) is 32.7 Å². The van der Waals surface area contributed by atoms with Crippen LogP contribution in [0.3, 0.4) is 0 Å². The lowest BCUT2D eigenvalue weighted by Gasteiger charge is -2.37. The minimum absolute atomic E-state index is 0. The molecule has 1 aliphatic rings. The Bertz CT molecular complexity index is 668. The molecule has 0 aliphatic carbocycles. The Balaban J connectivity index is 0.00000243. The molecule has 6 heteroatoms. The zero-order chi connectivity index (χ0) is 17.5. The van der Waals surface area contributed by atoms with Crippen LogP contribution >= 0.6 is 12.4 Å². The Morgan fingerprint density at radius 2 is 2.08 bits per heavy atom. The fourth-order valence-corrected chi connectivity index (χ4v) is 3.29. The van der Waals surface area contributed by atoms with Crippen molar-refractivity contribution in [1.82, 2.24) is 20.1 Å². The average Bonchev–Trinajstić information content (AvgIpc) is 2.68. The molecule has 1 unspecified atom stereocenters. The van der Waals surface area contributed by atoms with Gasteiger partial charge in [-0.05, 0) is 24.1 Å². The van der Waals surface area contributed by atoms with Gasteiger partial charge in [0.1, 0.15) is 0 Å². The van der Waals surface area contributed by atoms with E-state index in [1.165, 1.54) is 5.56 Å². The zero-order valence-corrected chi connectivity index (χ0v) is 16.0. The van der Waals surface area contributed by atoms with E-state index in [0.717, 1.165) is 31.7 Å². The number of amides is 1. The molecule has 1 aliphatic heterocycles. The van der Waals surface area contributed by atoms with E-state index in [1.54, 1.807) is 6.20 Å². The molecule has 3 rings (SSSR count). The summed E-state index contributed by atoms with van der Waals surface area (Å²) >= 11 is 0. The van der Waals surface area contributed by atoms with Crippen LogP contribution in [0.4, 0.5) is 0 Å². The van der Waals surface area contributed by atoms with Crippen LogP contribution < -0.4 is 5.32 Å². The van der Waals surface area contributed by atoms with Crippen molar-refractivity contribution in [3.63, 3.8) is 0 Å². The van der Waals surface area contributed by atoms with E-state index in [-0.39, 0.29) is 24.4 Å². The van der Waals surface area contributed by atoms with Crippen LogP contribution in [0.1, 0.15) is 24.1 Å². The van der Waals surface area contributed by atoms with Crippen molar-refractivity contribution in [3.8, 4) is 0 Å². The zero-order valence-electron chi connectivity index (χ0n) is 15.2. The number of benzene rings is 1. The summed E-state index contributed by atoms with van der Waals surface area (Å²) in [5.41, 5.74) is 2.33. The minimum atomic E-state index is 0. The Labute approximate surface area is 161 Å². The van der Waals surface area contributed by atoms with Gasteiger partial charge in [-0.1, -0.05) is 36.4 Å². The SMILES string of the molecule is CCN(Cc1ccccc1)C(=O)CN1CCNCC1c1cccnc1.Cl. The van der Waals surface area contributed by atoms with Crippen molar-refractivity contribution < 1.29 is 4.79 Å². The maximum atomic E-state index is 12.9. The largest absolute Gasteiger partial charge is 0.338 e. The molecule has 1 saturated heterocycles. The highest BCUT2D eigenvalue weighted by molar-refractivity contribution is 5.85. The maximum absolute atomic E-state index is 12.9. The van der Waals surface area contributed by atoms with E-state index < -0.39 is 0 Å². The molecule has 0 bridgehead atoms. The summed E-state index contributed by atoms with van der Waals surface area (Å²) in [6.07, 6.45) is 3.69. The number of rotatable bonds is 6. The first-order valence-corrected chi connectivity index (χ1v) is 8.94. The fraction of sp³-hybridized carbons (Fsp3) is 0.400. The van der Waals surface area contributed by atoms with E-state index in [9.17, 15) is 4.79 Å². The van der Waals surface area contributed by atoms with Gasteiger partial charge in [0.05, 0.1) is 6.54 Å². The normalized spacial score (nSPS) is 17.3. The van der Waals surface area contributed by atoms with Gasteiger partial charge in [-0.2, -0.15) is 0 Å². The first-order valence-electron chi connectivity index (χ1n) is 8.94. The van der Waals surface area contributed by atoms with Crippen LogP contribution in [-0.2, 0) is 11.3 Å². The lowest BCUT2D eigenvalue weighted by Crippen LogP contribution is -2.50. The number of nitrogens with zero attached hydrogens (tertiary/aromatic N) is 3. The number of hydrogen-bond donors (Lipinski definition) is 1. The van der Waals surface area contributed by atoms with Gasteiger partial charge in [0.2, 0.25) is 5.91 Å². The highest BCUT2D eigenvalue weighted by Gasteiger charge is 2.27. The Kier molecular flexibility index (Phi) is 8.04. The highest BCUT2D eigenvalue weighted by Crippen LogP contribution is 2.21. The van der Waals surface area contributed by atoms with Crippen LogP contribution in [0.25, 0.3) is 0 Å². The van der Waals surface area contributed by atoms with Gasteiger partial charge in [0.15, 0.2) is 0 Å². The van der Waals surface area contributed by atoms with Gasteiger partial charge in [-0.25, -0.2) is 0 Å². The summed E-state index contributed by atoms with van der Waals surface area (Å²) in [4.78, 5) is 21.3. The molecular formula is C20H27ClN4O. The van der Waals surface area contributed by atoms with Gasteiger partial charge < -0.3 is 10.2 Å². The highest BCUT2D eigenvalue weighted by atomic mass is 35.5. The Morgan fingerprint density at radius 1 is 1.27 bits per heavy atom. The number of carbonyl (C=O) groups is 1. The number of pyridine rings is 1. The summed E-state index contributed by atoms with van der Waals surface area (Å²) in [7, 11) is 0. The van der Waals surface area contributed by atoms with E-state index in [4.69, 9.17) is 0 Å². The number of carbonyl (C=O) groups excluding carboxylic acids is 1. The van der Waals surface area contributed by atoms with E-state index >= 15 is 0 Å². The number of halogens is 1. The standard InChI is InChI=1S/C20H26N4O.ClH/c1-2-23(15-17-7-4-3-5-8-17)20(25)16-24-12-11-22-14-19(24)18-9-6-10-21-13-18;/h3-10,13,19,22H,2,11-12,14-16H2,1H3;1H. The maximum Gasteiger partial charge on any atom is 0.237 e. The molecule has 5 nitrogen and oxygen atoms in total. The second kappa shape index (κ2) is 10.3. The molecule has 1 fully saturated rings. The molecule has 1 amide bonds. The Hall–Kier alpha value is -1.95. The van der Waals surface area contributed by atoms with E-state index in [1.807, 2.05) is 42.3 Å². The van der Waals surface area contributed by atoms with Crippen LogP contribution in [-0.4, -0.2) is 53.4 Å². The van der Waals surface area contributed by atoms with Gasteiger partial charge in [0, 0.05) is 51.2 Å². The third-order valence-electron chi connectivity index (χ3n) is 4.71. The lowest BCUT2D eigenvalue weighted by atomic mass is 10.1. The smallest absolute Gasteiger partial charge is 0.237 e. The summed E-state index contributed by atoms with van der Waals surface area (Å²) in [6, 6.07) is 14.4. The summed E-state index contributed by atoms with van der Waals surface area (Å²) in [5, 5.41) is 3.43. The average molecular weight is 375 g/mol. The van der Waals surface area contributed by atoms with Crippen LogP contribution in [0, 0.1) is 0 Å². The van der Waals surface area contributed by atoms with E-state index in [2.05, 4.69) is 33.4 Å². The van der Waals surface area contributed by atoms with Gasteiger partial charge in [-0.15, -0.1) is 12.4 Å². The summed E-state index contributed by atoms with van der Waals surface area (Å²) in [5.74, 6) is 0.183. The summed E-state index contributed by atoms with van der Waals surface area (Å²) < 4.78 is 0.